The maximum absolute atomic E-state index is 12.4. The van der Waals surface area contributed by atoms with Crippen LogP contribution in [0, 0.1) is 12.8 Å². The van der Waals surface area contributed by atoms with Crippen molar-refractivity contribution in [3.05, 3.63) is 29.8 Å². The molecule has 1 N–H and O–H groups in total. The molecule has 18 heavy (non-hydrogen) atoms. The molecule has 0 saturated heterocycles. The second-order valence-electron chi connectivity index (χ2n) is 4.83. The molecule has 0 heterocycles. The summed E-state index contributed by atoms with van der Waals surface area (Å²) in [7, 11) is -2.03. The summed E-state index contributed by atoms with van der Waals surface area (Å²) < 4.78 is 26.0. The van der Waals surface area contributed by atoms with Crippen LogP contribution in [0.3, 0.4) is 0 Å². The van der Waals surface area contributed by atoms with Crippen LogP contribution in [-0.4, -0.2) is 37.5 Å². The molecule has 0 bridgehead atoms. The highest BCUT2D eigenvalue weighted by Crippen LogP contribution is 2.20. The number of hydrogen-bond donors (Lipinski definition) is 1. The fraction of sp³-hybridized carbons (Fsp3) is 0.538. The van der Waals surface area contributed by atoms with E-state index >= 15 is 0 Å². The van der Waals surface area contributed by atoms with Gasteiger partial charge in [0.2, 0.25) is 10.0 Å². The molecule has 0 fully saturated rings. The topological polar surface area (TPSA) is 57.6 Å². The fourth-order valence-corrected chi connectivity index (χ4v) is 3.28. The first-order valence-electron chi connectivity index (χ1n) is 5.96. The van der Waals surface area contributed by atoms with Gasteiger partial charge < -0.3 is 5.11 Å². The van der Waals surface area contributed by atoms with Crippen LogP contribution in [0.1, 0.15) is 19.4 Å². The first-order valence-corrected chi connectivity index (χ1v) is 7.40. The summed E-state index contributed by atoms with van der Waals surface area (Å²) in [5.74, 6) is 0.0558. The number of aliphatic hydroxyl groups is 1. The maximum Gasteiger partial charge on any atom is 0.243 e. The molecule has 1 atom stereocenters. The molecule has 0 aromatic heterocycles. The van der Waals surface area contributed by atoms with E-state index < -0.39 is 16.1 Å². The van der Waals surface area contributed by atoms with Crippen molar-refractivity contribution >= 4 is 10.0 Å². The van der Waals surface area contributed by atoms with E-state index in [-0.39, 0.29) is 17.4 Å². The van der Waals surface area contributed by atoms with E-state index in [4.69, 9.17) is 0 Å². The van der Waals surface area contributed by atoms with Gasteiger partial charge in [-0.2, -0.15) is 4.31 Å². The summed E-state index contributed by atoms with van der Waals surface area (Å²) in [6.07, 6.45) is 0. The summed E-state index contributed by atoms with van der Waals surface area (Å²) >= 11 is 0. The van der Waals surface area contributed by atoms with E-state index in [1.165, 1.54) is 11.4 Å². The van der Waals surface area contributed by atoms with Crippen molar-refractivity contribution in [3.63, 3.8) is 0 Å². The van der Waals surface area contributed by atoms with Crippen molar-refractivity contribution in [1.29, 1.82) is 0 Å². The smallest absolute Gasteiger partial charge is 0.243 e. The van der Waals surface area contributed by atoms with E-state index in [2.05, 4.69) is 0 Å². The molecule has 0 aliphatic heterocycles. The summed E-state index contributed by atoms with van der Waals surface area (Å²) in [5, 5.41) is 9.32. The van der Waals surface area contributed by atoms with Crippen LogP contribution in [0.5, 0.6) is 0 Å². The third-order valence-electron chi connectivity index (χ3n) is 3.12. The van der Waals surface area contributed by atoms with Crippen LogP contribution >= 0.6 is 0 Å². The Morgan fingerprint density at radius 2 is 1.72 bits per heavy atom. The molecule has 0 amide bonds. The first-order chi connectivity index (χ1) is 8.30. The fourth-order valence-electron chi connectivity index (χ4n) is 1.80. The molecule has 1 rings (SSSR count). The van der Waals surface area contributed by atoms with Gasteiger partial charge in [0.25, 0.3) is 0 Å². The van der Waals surface area contributed by atoms with E-state index in [0.29, 0.717) is 0 Å². The van der Waals surface area contributed by atoms with Crippen LogP contribution in [0.4, 0.5) is 0 Å². The lowest BCUT2D eigenvalue weighted by molar-refractivity contribution is 0.167. The lowest BCUT2D eigenvalue weighted by Crippen LogP contribution is -2.42. The molecule has 1 aromatic carbocycles. The largest absolute Gasteiger partial charge is 0.395 e. The Morgan fingerprint density at radius 3 is 2.11 bits per heavy atom. The predicted molar refractivity (Wildman–Crippen MR) is 71.8 cm³/mol. The number of nitrogens with zero attached hydrogens (tertiary/aromatic N) is 1. The molecular weight excluding hydrogens is 250 g/mol. The zero-order valence-corrected chi connectivity index (χ0v) is 12.1. The van der Waals surface area contributed by atoms with Crippen molar-refractivity contribution < 1.29 is 13.5 Å². The highest BCUT2D eigenvalue weighted by Gasteiger charge is 2.29. The quantitative estimate of drug-likeness (QED) is 0.885. The van der Waals surface area contributed by atoms with Crippen LogP contribution in [0.25, 0.3) is 0 Å². The molecule has 4 nitrogen and oxygen atoms in total. The van der Waals surface area contributed by atoms with Gasteiger partial charge in [0.05, 0.1) is 17.5 Å². The second-order valence-corrected chi connectivity index (χ2v) is 6.83. The minimum atomic E-state index is -3.54. The van der Waals surface area contributed by atoms with Gasteiger partial charge in [0.1, 0.15) is 0 Å². The van der Waals surface area contributed by atoms with Crippen molar-refractivity contribution in [2.24, 2.45) is 5.92 Å². The van der Waals surface area contributed by atoms with Gasteiger partial charge in [0.15, 0.2) is 0 Å². The molecule has 0 aliphatic carbocycles. The SMILES string of the molecule is Cc1ccc(S(=O)(=O)N(C)[C@H](CO)C(C)C)cc1. The van der Waals surface area contributed by atoms with Gasteiger partial charge >= 0.3 is 0 Å². The average Bonchev–Trinajstić information content (AvgIpc) is 2.29. The number of aryl methyl sites for hydroxylation is 1. The molecule has 0 aliphatic rings. The molecule has 5 heteroatoms. The van der Waals surface area contributed by atoms with Crippen molar-refractivity contribution in [3.8, 4) is 0 Å². The molecule has 0 unspecified atom stereocenters. The van der Waals surface area contributed by atoms with Crippen LogP contribution in [0.2, 0.25) is 0 Å². The maximum atomic E-state index is 12.4. The van der Waals surface area contributed by atoms with Crippen LogP contribution < -0.4 is 0 Å². The Kier molecular flexibility index (Phi) is 4.90. The standard InChI is InChI=1S/C13H21NO3S/c1-10(2)13(9-15)14(4)18(16,17)12-7-5-11(3)6-8-12/h5-8,10,13,15H,9H2,1-4H3/t13-/m1/s1. The number of hydrogen-bond acceptors (Lipinski definition) is 3. The zero-order chi connectivity index (χ0) is 13.9. The van der Waals surface area contributed by atoms with E-state index in [9.17, 15) is 13.5 Å². The zero-order valence-electron chi connectivity index (χ0n) is 11.3. The average molecular weight is 271 g/mol. The summed E-state index contributed by atoms with van der Waals surface area (Å²) in [6, 6.07) is 6.32. The number of rotatable bonds is 5. The van der Waals surface area contributed by atoms with E-state index in [0.717, 1.165) is 5.56 Å². The minimum absolute atomic E-state index is 0.0558. The molecule has 0 radical (unpaired) electrons. The molecule has 0 spiro atoms. The van der Waals surface area contributed by atoms with Crippen LogP contribution in [-0.2, 0) is 10.0 Å². The third-order valence-corrected chi connectivity index (χ3v) is 5.02. The number of likely N-dealkylation sites (N-methyl/N-ethyl adjacent to an activating group) is 1. The first kappa shape index (κ1) is 15.1. The normalized spacial score (nSPS) is 14.2. The summed E-state index contributed by atoms with van der Waals surface area (Å²) in [6.45, 7) is 5.51. The van der Waals surface area contributed by atoms with E-state index in [1.54, 1.807) is 24.3 Å². The number of sulfonamides is 1. The molecule has 102 valence electrons. The molecular formula is C13H21NO3S. The highest BCUT2D eigenvalue weighted by molar-refractivity contribution is 7.89. The van der Waals surface area contributed by atoms with Crippen molar-refractivity contribution in [2.45, 2.75) is 31.7 Å². The second kappa shape index (κ2) is 5.82. The summed E-state index contributed by atoms with van der Waals surface area (Å²) in [5.41, 5.74) is 1.01. The highest BCUT2D eigenvalue weighted by atomic mass is 32.2. The minimum Gasteiger partial charge on any atom is -0.395 e. The Morgan fingerprint density at radius 1 is 1.22 bits per heavy atom. The van der Waals surface area contributed by atoms with Crippen molar-refractivity contribution in [2.75, 3.05) is 13.7 Å². The van der Waals surface area contributed by atoms with Gasteiger partial charge in [0, 0.05) is 7.05 Å². The van der Waals surface area contributed by atoms with Gasteiger partial charge in [-0.3, -0.25) is 0 Å². The van der Waals surface area contributed by atoms with Gasteiger partial charge in [-0.05, 0) is 25.0 Å². The van der Waals surface area contributed by atoms with Gasteiger partial charge in [-0.1, -0.05) is 31.5 Å². The Labute approximate surface area is 109 Å². The van der Waals surface area contributed by atoms with Gasteiger partial charge in [-0.15, -0.1) is 0 Å². The predicted octanol–water partition coefficient (Wildman–Crippen LogP) is 1.63. The Hall–Kier alpha value is -0.910. The lowest BCUT2D eigenvalue weighted by atomic mass is 10.1. The van der Waals surface area contributed by atoms with E-state index in [1.807, 2.05) is 20.8 Å². The lowest BCUT2D eigenvalue weighted by Gasteiger charge is -2.28. The molecule has 1 aromatic rings. The Balaban J connectivity index is 3.09. The third kappa shape index (κ3) is 3.10. The monoisotopic (exact) mass is 271 g/mol. The number of aliphatic hydroxyl groups excluding tert-OH is 1. The Bertz CT molecular complexity index is 479. The van der Waals surface area contributed by atoms with Crippen molar-refractivity contribution in [1.82, 2.24) is 4.31 Å². The van der Waals surface area contributed by atoms with Crippen LogP contribution in [0.15, 0.2) is 29.2 Å². The summed E-state index contributed by atoms with van der Waals surface area (Å²) in [4.78, 5) is 0.259. The number of benzene rings is 1. The molecule has 0 saturated carbocycles. The van der Waals surface area contributed by atoms with Gasteiger partial charge in [-0.25, -0.2) is 8.42 Å².